The van der Waals surface area contributed by atoms with Gasteiger partial charge in [-0.05, 0) is 53.2 Å². The number of nitrogens with one attached hydrogen (secondary N) is 2. The zero-order valence-corrected chi connectivity index (χ0v) is 19.3. The van der Waals surface area contributed by atoms with Gasteiger partial charge in [-0.25, -0.2) is 5.53 Å². The SMILES string of the molecule is N=CC(CN1C(=O)SC(=Cc2ccc3c(cnn3Cc3ccc(Cl)cc3C(F)(F)F)c2)C1=O)N=N. The summed E-state index contributed by atoms with van der Waals surface area (Å²) < 4.78 is 41.8. The summed E-state index contributed by atoms with van der Waals surface area (Å²) >= 11 is 6.49. The highest BCUT2D eigenvalue weighted by molar-refractivity contribution is 8.18. The lowest BCUT2D eigenvalue weighted by Crippen LogP contribution is -2.35. The van der Waals surface area contributed by atoms with Crippen molar-refractivity contribution in [2.24, 2.45) is 5.11 Å². The first-order valence-electron chi connectivity index (χ1n) is 10.0. The summed E-state index contributed by atoms with van der Waals surface area (Å²) in [5.74, 6) is -0.547. The average Bonchev–Trinajstić information content (AvgIpc) is 3.32. The van der Waals surface area contributed by atoms with Crippen molar-refractivity contribution in [3.05, 3.63) is 69.2 Å². The normalized spacial score (nSPS) is 16.3. The molecule has 1 saturated heterocycles. The number of carbonyl (C=O) groups is 2. The molecular weight excluding hydrogens is 505 g/mol. The van der Waals surface area contributed by atoms with E-state index in [9.17, 15) is 22.8 Å². The number of hydrogen-bond donors (Lipinski definition) is 2. The molecule has 0 radical (unpaired) electrons. The fourth-order valence-corrected chi connectivity index (χ4v) is 4.58. The van der Waals surface area contributed by atoms with Gasteiger partial charge in [-0.15, -0.1) is 0 Å². The highest BCUT2D eigenvalue weighted by atomic mass is 35.5. The van der Waals surface area contributed by atoms with Gasteiger partial charge in [0.05, 0.1) is 35.3 Å². The number of benzene rings is 2. The number of alkyl halides is 3. The molecule has 2 N–H and O–H groups in total. The van der Waals surface area contributed by atoms with Crippen LogP contribution in [0, 0.1) is 10.9 Å². The molecular formula is C22H16ClF3N6O2S. The highest BCUT2D eigenvalue weighted by Gasteiger charge is 2.36. The molecule has 2 amide bonds. The van der Waals surface area contributed by atoms with Crippen molar-refractivity contribution < 1.29 is 22.8 Å². The number of amides is 2. The molecule has 0 saturated carbocycles. The lowest BCUT2D eigenvalue weighted by atomic mass is 10.1. The van der Waals surface area contributed by atoms with Crippen LogP contribution in [-0.2, 0) is 17.5 Å². The molecule has 1 unspecified atom stereocenters. The van der Waals surface area contributed by atoms with Gasteiger partial charge >= 0.3 is 6.18 Å². The smallest absolute Gasteiger partial charge is 0.311 e. The Morgan fingerprint density at radius 2 is 1.97 bits per heavy atom. The molecule has 180 valence electrons. The zero-order chi connectivity index (χ0) is 25.3. The fraction of sp³-hybridized carbons (Fsp3) is 0.182. The third kappa shape index (κ3) is 5.13. The van der Waals surface area contributed by atoms with Crippen LogP contribution in [0.25, 0.3) is 17.0 Å². The Labute approximate surface area is 205 Å². The number of nitrogens with zero attached hydrogens (tertiary/aromatic N) is 4. The molecule has 8 nitrogen and oxygen atoms in total. The minimum absolute atomic E-state index is 0.0112. The number of imide groups is 1. The Kier molecular flexibility index (Phi) is 6.77. The summed E-state index contributed by atoms with van der Waals surface area (Å²) in [6.07, 6.45) is -0.647. The van der Waals surface area contributed by atoms with Crippen LogP contribution in [0.1, 0.15) is 16.7 Å². The van der Waals surface area contributed by atoms with Crippen LogP contribution in [0.2, 0.25) is 5.02 Å². The van der Waals surface area contributed by atoms with Gasteiger partial charge < -0.3 is 5.41 Å². The lowest BCUT2D eigenvalue weighted by molar-refractivity contribution is -0.138. The van der Waals surface area contributed by atoms with E-state index in [1.807, 2.05) is 0 Å². The molecule has 4 rings (SSSR count). The lowest BCUT2D eigenvalue weighted by Gasteiger charge is -2.14. The molecule has 3 aromatic rings. The summed E-state index contributed by atoms with van der Waals surface area (Å²) in [6.45, 7) is -0.311. The number of fused-ring (bicyclic) bond motifs is 1. The number of rotatable bonds is 7. The van der Waals surface area contributed by atoms with Crippen molar-refractivity contribution in [2.75, 3.05) is 6.54 Å². The molecule has 1 fully saturated rings. The van der Waals surface area contributed by atoms with E-state index in [1.165, 1.54) is 29.1 Å². The van der Waals surface area contributed by atoms with E-state index in [0.717, 1.165) is 28.9 Å². The number of thioether (sulfide) groups is 1. The van der Waals surface area contributed by atoms with E-state index in [4.69, 9.17) is 22.5 Å². The van der Waals surface area contributed by atoms with Crippen LogP contribution >= 0.6 is 23.4 Å². The van der Waals surface area contributed by atoms with E-state index in [2.05, 4.69) is 10.2 Å². The monoisotopic (exact) mass is 520 g/mol. The number of hydrogen-bond acceptors (Lipinski definition) is 7. The first-order valence-corrected chi connectivity index (χ1v) is 11.2. The predicted molar refractivity (Wildman–Crippen MR) is 126 cm³/mol. The summed E-state index contributed by atoms with van der Waals surface area (Å²) in [5.41, 5.74) is 7.39. The van der Waals surface area contributed by atoms with E-state index >= 15 is 0 Å². The first kappa shape index (κ1) is 24.6. The molecule has 1 atom stereocenters. The van der Waals surface area contributed by atoms with E-state index < -0.39 is 28.9 Å². The van der Waals surface area contributed by atoms with Crippen LogP contribution < -0.4 is 0 Å². The van der Waals surface area contributed by atoms with E-state index in [1.54, 1.807) is 18.2 Å². The maximum atomic E-state index is 13.4. The Balaban J connectivity index is 1.59. The van der Waals surface area contributed by atoms with Crippen LogP contribution in [0.15, 0.2) is 52.6 Å². The number of halogens is 4. The Morgan fingerprint density at radius 1 is 1.20 bits per heavy atom. The van der Waals surface area contributed by atoms with Crippen molar-refractivity contribution in [3.8, 4) is 0 Å². The summed E-state index contributed by atoms with van der Waals surface area (Å²) in [7, 11) is 0. The molecule has 0 spiro atoms. The minimum atomic E-state index is -4.56. The Hall–Kier alpha value is -3.51. The van der Waals surface area contributed by atoms with Gasteiger partial charge in [0.1, 0.15) is 6.04 Å². The van der Waals surface area contributed by atoms with Gasteiger partial charge in [-0.2, -0.15) is 23.4 Å². The van der Waals surface area contributed by atoms with Crippen LogP contribution in [-0.4, -0.2) is 44.6 Å². The summed E-state index contributed by atoms with van der Waals surface area (Å²) in [5, 5.41) is 14.7. The summed E-state index contributed by atoms with van der Waals surface area (Å²) in [4.78, 5) is 25.9. The van der Waals surface area contributed by atoms with Gasteiger partial charge in [0, 0.05) is 16.6 Å². The Morgan fingerprint density at radius 3 is 2.66 bits per heavy atom. The predicted octanol–water partition coefficient (Wildman–Crippen LogP) is 5.84. The van der Waals surface area contributed by atoms with Crippen LogP contribution in [0.5, 0.6) is 0 Å². The van der Waals surface area contributed by atoms with Gasteiger partial charge in [-0.3, -0.25) is 19.2 Å². The Bertz CT molecular complexity index is 1380. The first-order chi connectivity index (χ1) is 16.6. The largest absolute Gasteiger partial charge is 0.416 e. The minimum Gasteiger partial charge on any atom is -0.311 e. The molecule has 1 aliphatic rings. The maximum Gasteiger partial charge on any atom is 0.416 e. The second-order valence-electron chi connectivity index (χ2n) is 7.58. The number of carbonyl (C=O) groups excluding carboxylic acids is 2. The molecule has 35 heavy (non-hydrogen) atoms. The van der Waals surface area contributed by atoms with Gasteiger partial charge in [-0.1, -0.05) is 23.7 Å². The zero-order valence-electron chi connectivity index (χ0n) is 17.7. The van der Waals surface area contributed by atoms with Crippen molar-refractivity contribution >= 4 is 57.7 Å². The average molecular weight is 521 g/mol. The summed E-state index contributed by atoms with van der Waals surface area (Å²) in [6, 6.07) is 7.75. The topological polar surface area (TPSA) is 115 Å². The van der Waals surface area contributed by atoms with Gasteiger partial charge in [0.2, 0.25) is 0 Å². The molecule has 1 aliphatic heterocycles. The third-order valence-corrected chi connectivity index (χ3v) is 6.40. The molecule has 2 heterocycles. The molecule has 1 aromatic heterocycles. The second-order valence-corrected chi connectivity index (χ2v) is 9.00. The van der Waals surface area contributed by atoms with Gasteiger partial charge in [0.15, 0.2) is 0 Å². The molecule has 0 aliphatic carbocycles. The standard InChI is InChI=1S/C22H16ClF3N6O2S/c23-15-3-2-13(17(7-15)22(24,25)26)10-32-18-4-1-12(5-14(18)9-29-32)6-19-20(33)31(21(34)35-19)11-16(8-27)30-28/h1-9,16,27-28H,10-11H2. The van der Waals surface area contributed by atoms with E-state index in [-0.39, 0.29) is 28.6 Å². The van der Waals surface area contributed by atoms with Crippen molar-refractivity contribution in [2.45, 2.75) is 18.8 Å². The van der Waals surface area contributed by atoms with Gasteiger partial charge in [0.25, 0.3) is 11.1 Å². The maximum absolute atomic E-state index is 13.4. The molecule has 0 bridgehead atoms. The van der Waals surface area contributed by atoms with Crippen LogP contribution in [0.3, 0.4) is 0 Å². The van der Waals surface area contributed by atoms with Crippen molar-refractivity contribution in [3.63, 3.8) is 0 Å². The second kappa shape index (κ2) is 9.62. The van der Waals surface area contributed by atoms with Crippen molar-refractivity contribution in [1.29, 1.82) is 10.9 Å². The fourth-order valence-electron chi connectivity index (χ4n) is 3.56. The third-order valence-electron chi connectivity index (χ3n) is 5.26. The highest BCUT2D eigenvalue weighted by Crippen LogP contribution is 2.35. The number of aromatic nitrogens is 2. The van der Waals surface area contributed by atoms with Crippen LogP contribution in [0.4, 0.5) is 18.0 Å². The molecule has 13 heteroatoms. The van der Waals surface area contributed by atoms with E-state index in [0.29, 0.717) is 16.5 Å². The quantitative estimate of drug-likeness (QED) is 0.231. The molecule has 2 aromatic carbocycles. The van der Waals surface area contributed by atoms with Crippen molar-refractivity contribution in [1.82, 2.24) is 14.7 Å².